The summed E-state index contributed by atoms with van der Waals surface area (Å²) < 4.78 is -2.46. The van der Waals surface area contributed by atoms with Gasteiger partial charge in [0.1, 0.15) is 0 Å². The summed E-state index contributed by atoms with van der Waals surface area (Å²) in [6.45, 7) is 2.09. The van der Waals surface area contributed by atoms with E-state index in [9.17, 15) is 0 Å². The number of hydrogen-bond acceptors (Lipinski definition) is 1. The Morgan fingerprint density at radius 2 is 1.47 bits per heavy atom. The highest BCUT2D eigenvalue weighted by molar-refractivity contribution is 6.70. The van der Waals surface area contributed by atoms with Crippen LogP contribution >= 0.6 is 46.4 Å². The number of alkyl halides is 4. The Balaban J connectivity index is 2.26. The van der Waals surface area contributed by atoms with E-state index < -0.39 is 8.91 Å². The molecule has 0 bridgehead atoms. The van der Waals surface area contributed by atoms with Crippen LogP contribution in [0.1, 0.15) is 12.5 Å². The molecule has 5 heteroatoms. The van der Waals surface area contributed by atoms with Crippen molar-refractivity contribution in [3.05, 3.63) is 29.8 Å². The largest absolute Gasteiger partial charge is 0.300 e. The topological polar surface area (TPSA) is 3.01 Å². The maximum Gasteiger partial charge on any atom is 0.245 e. The monoisotopic (exact) mass is 283 g/mol. The molecule has 1 heterocycles. The van der Waals surface area contributed by atoms with Crippen LogP contribution in [-0.2, 0) is 6.42 Å². The molecule has 1 aromatic carbocycles. The molecule has 0 N–H and O–H groups in total. The maximum absolute atomic E-state index is 5.93. The maximum atomic E-state index is 5.93. The quantitative estimate of drug-likeness (QED) is 0.444. The smallest absolute Gasteiger partial charge is 0.245 e. The predicted octanol–water partition coefficient (Wildman–Crippen LogP) is 4.33. The lowest BCUT2D eigenvalue weighted by Crippen LogP contribution is -2.01. The molecule has 82 valence electrons. The van der Waals surface area contributed by atoms with Gasteiger partial charge in [0, 0.05) is 5.69 Å². The van der Waals surface area contributed by atoms with Crippen LogP contribution in [0.3, 0.4) is 0 Å². The first-order chi connectivity index (χ1) is 6.91. The van der Waals surface area contributed by atoms with Crippen molar-refractivity contribution in [1.82, 2.24) is 0 Å². The van der Waals surface area contributed by atoms with E-state index >= 15 is 0 Å². The van der Waals surface area contributed by atoms with Crippen LogP contribution in [0, 0.1) is 0 Å². The van der Waals surface area contributed by atoms with Gasteiger partial charge < -0.3 is 4.90 Å². The van der Waals surface area contributed by atoms with Gasteiger partial charge in [-0.25, -0.2) is 0 Å². The number of halogens is 4. The van der Waals surface area contributed by atoms with Crippen molar-refractivity contribution in [2.24, 2.45) is 0 Å². The zero-order valence-corrected chi connectivity index (χ0v) is 11.0. The first-order valence-corrected chi connectivity index (χ1v) is 6.07. The minimum absolute atomic E-state index is 0.821. The minimum Gasteiger partial charge on any atom is -0.300 e. The van der Waals surface area contributed by atoms with Crippen molar-refractivity contribution in [3.63, 3.8) is 0 Å². The van der Waals surface area contributed by atoms with E-state index in [1.54, 1.807) is 4.90 Å². The van der Waals surface area contributed by atoms with Crippen molar-refractivity contribution in [2.75, 3.05) is 4.90 Å². The highest BCUT2D eigenvalue weighted by Gasteiger charge is 2.74. The van der Waals surface area contributed by atoms with Gasteiger partial charge in [0.25, 0.3) is 0 Å². The summed E-state index contributed by atoms with van der Waals surface area (Å²) in [6.07, 6.45) is 0.986. The summed E-state index contributed by atoms with van der Waals surface area (Å²) in [4.78, 5) is 1.55. The second kappa shape index (κ2) is 3.59. The van der Waals surface area contributed by atoms with Crippen molar-refractivity contribution in [2.45, 2.75) is 22.3 Å². The molecule has 1 aromatic rings. The van der Waals surface area contributed by atoms with Crippen LogP contribution in [0.5, 0.6) is 0 Å². The summed E-state index contributed by atoms with van der Waals surface area (Å²) in [5, 5.41) is 0. The van der Waals surface area contributed by atoms with E-state index in [1.807, 2.05) is 24.3 Å². The average molecular weight is 285 g/mol. The molecule has 0 radical (unpaired) electrons. The number of hydrogen-bond donors (Lipinski definition) is 0. The zero-order chi connectivity index (χ0) is 11.3. The van der Waals surface area contributed by atoms with Gasteiger partial charge in [-0.2, -0.15) is 0 Å². The Labute approximate surface area is 109 Å². The summed E-state index contributed by atoms with van der Waals surface area (Å²) in [6, 6.07) is 7.82. The lowest BCUT2D eigenvalue weighted by atomic mass is 10.1. The van der Waals surface area contributed by atoms with Gasteiger partial charge in [0.2, 0.25) is 8.91 Å². The standard InChI is InChI=1S/C10H9Cl4N/c1-2-7-3-5-8(6-4-7)15-9(11,12)10(15,13)14/h3-6H,2H2,1H3. The lowest BCUT2D eigenvalue weighted by molar-refractivity contribution is 1.14. The second-order valence-corrected chi connectivity index (χ2v) is 6.01. The molecular formula is C10H9Cl4N. The minimum atomic E-state index is -1.23. The van der Waals surface area contributed by atoms with Crippen LogP contribution in [0.15, 0.2) is 24.3 Å². The van der Waals surface area contributed by atoms with Crippen LogP contribution in [0.2, 0.25) is 0 Å². The first-order valence-electron chi connectivity index (χ1n) is 4.56. The molecule has 0 unspecified atom stereocenters. The predicted molar refractivity (Wildman–Crippen MR) is 67.2 cm³/mol. The molecule has 1 fully saturated rings. The van der Waals surface area contributed by atoms with E-state index in [4.69, 9.17) is 46.4 Å². The lowest BCUT2D eigenvalue weighted by Gasteiger charge is -2.06. The normalized spacial score (nSPS) is 21.5. The number of anilines is 1. The fourth-order valence-electron chi connectivity index (χ4n) is 1.46. The van der Waals surface area contributed by atoms with Gasteiger partial charge in [-0.3, -0.25) is 0 Å². The highest BCUT2D eigenvalue weighted by atomic mass is 35.5. The molecule has 2 rings (SSSR count). The summed E-state index contributed by atoms with van der Waals surface area (Å²) >= 11 is 23.7. The van der Waals surface area contributed by atoms with Crippen LogP contribution in [0.4, 0.5) is 5.69 Å². The third-order valence-electron chi connectivity index (χ3n) is 2.48. The Bertz CT molecular complexity index is 358. The fourth-order valence-corrected chi connectivity index (χ4v) is 2.70. The van der Waals surface area contributed by atoms with Gasteiger partial charge in [0.15, 0.2) is 0 Å². The van der Waals surface area contributed by atoms with E-state index in [0.717, 1.165) is 12.1 Å². The molecule has 1 nitrogen and oxygen atoms in total. The number of nitrogens with zero attached hydrogens (tertiary/aromatic N) is 1. The summed E-state index contributed by atoms with van der Waals surface area (Å²) in [5.74, 6) is 0. The molecule has 1 saturated heterocycles. The van der Waals surface area contributed by atoms with Gasteiger partial charge in [-0.05, 0) is 24.1 Å². The van der Waals surface area contributed by atoms with Crippen LogP contribution in [-0.4, -0.2) is 8.91 Å². The highest BCUT2D eigenvalue weighted by Crippen LogP contribution is 2.65. The SMILES string of the molecule is CCc1ccc(N2C(Cl)(Cl)C2(Cl)Cl)cc1. The summed E-state index contributed by atoms with van der Waals surface area (Å²) in [5.41, 5.74) is 2.06. The Hall–Kier alpha value is 0.180. The molecule has 0 saturated carbocycles. The van der Waals surface area contributed by atoms with Crippen LogP contribution in [0.25, 0.3) is 0 Å². The van der Waals surface area contributed by atoms with E-state index in [-0.39, 0.29) is 0 Å². The number of rotatable bonds is 2. The number of aryl methyl sites for hydroxylation is 1. The van der Waals surface area contributed by atoms with E-state index in [0.29, 0.717) is 0 Å². The van der Waals surface area contributed by atoms with E-state index in [2.05, 4.69) is 6.92 Å². The van der Waals surface area contributed by atoms with Crippen LogP contribution < -0.4 is 4.90 Å². The van der Waals surface area contributed by atoms with Crippen molar-refractivity contribution in [3.8, 4) is 0 Å². The third-order valence-corrected chi connectivity index (χ3v) is 4.63. The second-order valence-electron chi connectivity index (χ2n) is 3.44. The van der Waals surface area contributed by atoms with Crippen molar-refractivity contribution in [1.29, 1.82) is 0 Å². The summed E-state index contributed by atoms with van der Waals surface area (Å²) in [7, 11) is 0. The van der Waals surface area contributed by atoms with Gasteiger partial charge in [-0.1, -0.05) is 65.5 Å². The Morgan fingerprint density at radius 1 is 1.00 bits per heavy atom. The molecule has 1 aliphatic heterocycles. The van der Waals surface area contributed by atoms with Crippen molar-refractivity contribution >= 4 is 52.1 Å². The van der Waals surface area contributed by atoms with Gasteiger partial charge >= 0.3 is 0 Å². The Kier molecular flexibility index (Phi) is 2.79. The van der Waals surface area contributed by atoms with Gasteiger partial charge in [0.05, 0.1) is 0 Å². The molecule has 1 aliphatic rings. The zero-order valence-electron chi connectivity index (χ0n) is 7.98. The van der Waals surface area contributed by atoms with E-state index in [1.165, 1.54) is 5.56 Å². The number of benzene rings is 1. The Morgan fingerprint density at radius 3 is 1.80 bits per heavy atom. The molecular weight excluding hydrogens is 276 g/mol. The molecule has 15 heavy (non-hydrogen) atoms. The molecule has 0 amide bonds. The van der Waals surface area contributed by atoms with Gasteiger partial charge in [-0.15, -0.1) is 0 Å². The molecule has 0 spiro atoms. The fraction of sp³-hybridized carbons (Fsp3) is 0.400. The average Bonchev–Trinajstić information content (AvgIpc) is 2.58. The third kappa shape index (κ3) is 1.70. The first kappa shape index (κ1) is 11.7. The molecule has 0 aromatic heterocycles. The van der Waals surface area contributed by atoms with Crippen molar-refractivity contribution < 1.29 is 0 Å². The molecule has 0 aliphatic carbocycles. The molecule has 0 atom stereocenters.